The van der Waals surface area contributed by atoms with E-state index in [-0.39, 0.29) is 5.56 Å². The third-order valence-electron chi connectivity index (χ3n) is 1.86. The van der Waals surface area contributed by atoms with E-state index in [4.69, 9.17) is 11.6 Å². The highest BCUT2D eigenvalue weighted by atomic mass is 35.5. The second-order valence-corrected chi connectivity index (χ2v) is 3.48. The lowest BCUT2D eigenvalue weighted by Gasteiger charge is -2.14. The monoisotopic (exact) mass is 250 g/mol. The Bertz CT molecular complexity index is 396. The normalized spacial score (nSPS) is 12.6. The molecule has 3 nitrogen and oxygen atoms in total. The summed E-state index contributed by atoms with van der Waals surface area (Å²) in [7, 11) is 0. The molecule has 0 saturated carbocycles. The Morgan fingerprint density at radius 3 is 2.62 bits per heavy atom. The first-order valence-corrected chi connectivity index (χ1v) is 4.78. The van der Waals surface area contributed by atoms with Gasteiger partial charge in [-0.3, -0.25) is 4.79 Å². The molecule has 6 heteroatoms. The van der Waals surface area contributed by atoms with Gasteiger partial charge < -0.3 is 9.84 Å². The molecular weight excluding hydrogens is 242 g/mol. The number of halogens is 3. The first kappa shape index (κ1) is 12.7. The smallest absolute Gasteiger partial charge is 0.387 e. The highest BCUT2D eigenvalue weighted by molar-refractivity contribution is 6.31. The lowest BCUT2D eigenvalue weighted by molar-refractivity contribution is -0.116. The molecular formula is C10H9ClF2O3. The van der Waals surface area contributed by atoms with Crippen LogP contribution >= 0.6 is 11.6 Å². The highest BCUT2D eigenvalue weighted by Gasteiger charge is 2.22. The molecule has 1 unspecified atom stereocenters. The number of benzene rings is 1. The minimum Gasteiger partial charge on any atom is -0.504 e. The number of phenols is 1. The largest absolute Gasteiger partial charge is 0.504 e. The minimum absolute atomic E-state index is 0.0227. The van der Waals surface area contributed by atoms with Gasteiger partial charge in [-0.2, -0.15) is 8.78 Å². The van der Waals surface area contributed by atoms with Crippen molar-refractivity contribution in [1.29, 1.82) is 0 Å². The van der Waals surface area contributed by atoms with Crippen LogP contribution in [-0.2, 0) is 4.79 Å². The zero-order valence-corrected chi connectivity index (χ0v) is 9.04. The van der Waals surface area contributed by atoms with E-state index in [1.807, 2.05) is 0 Å². The van der Waals surface area contributed by atoms with Crippen LogP contribution in [0.4, 0.5) is 8.78 Å². The van der Waals surface area contributed by atoms with Gasteiger partial charge >= 0.3 is 6.61 Å². The third-order valence-corrected chi connectivity index (χ3v) is 2.40. The number of carbonyl (C=O) groups is 1. The van der Waals surface area contributed by atoms with Gasteiger partial charge in [0.05, 0.1) is 0 Å². The van der Waals surface area contributed by atoms with Crippen molar-refractivity contribution < 1.29 is 23.4 Å². The topological polar surface area (TPSA) is 46.5 Å². The summed E-state index contributed by atoms with van der Waals surface area (Å²) in [6.07, 6.45) is 0. The van der Waals surface area contributed by atoms with Crippen LogP contribution in [0.1, 0.15) is 17.9 Å². The summed E-state index contributed by atoms with van der Waals surface area (Å²) >= 11 is 5.72. The minimum atomic E-state index is -3.09. The van der Waals surface area contributed by atoms with E-state index in [1.165, 1.54) is 25.1 Å². The Hall–Kier alpha value is -1.36. The summed E-state index contributed by atoms with van der Waals surface area (Å²) in [6, 6.07) is 3.91. The number of aromatic hydroxyl groups is 1. The van der Waals surface area contributed by atoms with Crippen LogP contribution in [0.2, 0.25) is 0 Å². The standard InChI is InChI=1S/C10H9ClF2O3/c1-5(14)8(11)6-3-2-4-7(15)9(6)16-10(12)13/h2-4,8,10,15H,1H3. The molecule has 1 rings (SSSR count). The quantitative estimate of drug-likeness (QED) is 0.836. The molecule has 0 heterocycles. The van der Waals surface area contributed by atoms with Crippen molar-refractivity contribution in [3.63, 3.8) is 0 Å². The molecule has 1 aromatic rings. The summed E-state index contributed by atoms with van der Waals surface area (Å²) in [6.45, 7) is -1.88. The molecule has 0 bridgehead atoms. The van der Waals surface area contributed by atoms with Crippen molar-refractivity contribution in [2.75, 3.05) is 0 Å². The van der Waals surface area contributed by atoms with Crippen molar-refractivity contribution in [1.82, 2.24) is 0 Å². The summed E-state index contributed by atoms with van der Waals surface area (Å²) in [4.78, 5) is 11.0. The Balaban J connectivity index is 3.17. The number of para-hydroxylation sites is 1. The van der Waals surface area contributed by atoms with E-state index >= 15 is 0 Å². The molecule has 0 aliphatic rings. The highest BCUT2D eigenvalue weighted by Crippen LogP contribution is 2.37. The van der Waals surface area contributed by atoms with Crippen LogP contribution in [0, 0.1) is 0 Å². The molecule has 0 fully saturated rings. The summed E-state index contributed by atoms with van der Waals surface area (Å²) < 4.78 is 28.3. The molecule has 16 heavy (non-hydrogen) atoms. The fraction of sp³-hybridized carbons (Fsp3) is 0.300. The fourth-order valence-corrected chi connectivity index (χ4v) is 1.35. The molecule has 0 aliphatic carbocycles. The van der Waals surface area contributed by atoms with Crippen molar-refractivity contribution >= 4 is 17.4 Å². The number of carbonyl (C=O) groups excluding carboxylic acids is 1. The number of rotatable bonds is 4. The summed E-state index contributed by atoms with van der Waals surface area (Å²) in [5.41, 5.74) is 0.0227. The fourth-order valence-electron chi connectivity index (χ4n) is 1.18. The Morgan fingerprint density at radius 2 is 2.12 bits per heavy atom. The van der Waals surface area contributed by atoms with E-state index in [0.29, 0.717) is 0 Å². The second-order valence-electron chi connectivity index (χ2n) is 3.05. The molecule has 0 radical (unpaired) electrons. The van der Waals surface area contributed by atoms with Gasteiger partial charge in [0.1, 0.15) is 5.38 Å². The van der Waals surface area contributed by atoms with Crippen LogP contribution in [-0.4, -0.2) is 17.5 Å². The number of ketones is 1. The van der Waals surface area contributed by atoms with E-state index < -0.39 is 29.3 Å². The lowest BCUT2D eigenvalue weighted by Crippen LogP contribution is -2.08. The molecule has 1 aromatic carbocycles. The Morgan fingerprint density at radius 1 is 1.50 bits per heavy atom. The summed E-state index contributed by atoms with van der Waals surface area (Å²) in [5, 5.41) is 8.22. The molecule has 88 valence electrons. The van der Waals surface area contributed by atoms with Gasteiger partial charge in [0.15, 0.2) is 17.3 Å². The van der Waals surface area contributed by atoms with Gasteiger partial charge in [0, 0.05) is 5.56 Å². The maximum atomic E-state index is 12.1. The molecule has 0 aliphatic heterocycles. The van der Waals surface area contributed by atoms with Crippen molar-refractivity contribution in [3.05, 3.63) is 23.8 Å². The average molecular weight is 251 g/mol. The molecule has 0 saturated heterocycles. The number of ether oxygens (including phenoxy) is 1. The molecule has 1 N–H and O–H groups in total. The number of hydrogen-bond donors (Lipinski definition) is 1. The zero-order chi connectivity index (χ0) is 12.3. The van der Waals surface area contributed by atoms with Crippen LogP contribution in [0.5, 0.6) is 11.5 Å². The van der Waals surface area contributed by atoms with E-state index in [2.05, 4.69) is 4.74 Å². The first-order valence-electron chi connectivity index (χ1n) is 4.34. The van der Waals surface area contributed by atoms with Crippen molar-refractivity contribution in [3.8, 4) is 11.5 Å². The number of phenolic OH excluding ortho intramolecular Hbond substituents is 1. The van der Waals surface area contributed by atoms with E-state index in [1.54, 1.807) is 0 Å². The van der Waals surface area contributed by atoms with E-state index in [0.717, 1.165) is 0 Å². The van der Waals surface area contributed by atoms with Gasteiger partial charge in [0.2, 0.25) is 0 Å². The summed E-state index contributed by atoms with van der Waals surface area (Å²) in [5.74, 6) is -1.37. The maximum Gasteiger partial charge on any atom is 0.387 e. The van der Waals surface area contributed by atoms with Gasteiger partial charge in [-0.15, -0.1) is 11.6 Å². The van der Waals surface area contributed by atoms with Crippen LogP contribution in [0.15, 0.2) is 18.2 Å². The molecule has 0 spiro atoms. The van der Waals surface area contributed by atoms with Gasteiger partial charge in [-0.1, -0.05) is 12.1 Å². The SMILES string of the molecule is CC(=O)C(Cl)c1cccc(O)c1OC(F)F. The maximum absolute atomic E-state index is 12.1. The van der Waals surface area contributed by atoms with Crippen LogP contribution in [0.3, 0.4) is 0 Å². The van der Waals surface area contributed by atoms with Crippen molar-refractivity contribution in [2.24, 2.45) is 0 Å². The number of hydrogen-bond acceptors (Lipinski definition) is 3. The average Bonchev–Trinajstić information content (AvgIpc) is 2.19. The number of alkyl halides is 3. The molecule has 0 amide bonds. The van der Waals surface area contributed by atoms with Crippen LogP contribution in [0.25, 0.3) is 0 Å². The lowest BCUT2D eigenvalue weighted by atomic mass is 10.1. The molecule has 1 atom stereocenters. The number of Topliss-reactive ketones (excluding diaryl/α,β-unsaturated/α-hetero) is 1. The third kappa shape index (κ3) is 2.82. The van der Waals surface area contributed by atoms with Crippen molar-refractivity contribution in [2.45, 2.75) is 18.9 Å². The Kier molecular flexibility index (Phi) is 4.06. The van der Waals surface area contributed by atoms with Gasteiger partial charge in [-0.05, 0) is 13.0 Å². The van der Waals surface area contributed by atoms with Gasteiger partial charge in [0.25, 0.3) is 0 Å². The first-order chi connectivity index (χ1) is 7.43. The zero-order valence-electron chi connectivity index (χ0n) is 8.28. The van der Waals surface area contributed by atoms with Gasteiger partial charge in [-0.25, -0.2) is 0 Å². The van der Waals surface area contributed by atoms with Crippen LogP contribution < -0.4 is 4.74 Å². The Labute approximate surface area is 95.6 Å². The predicted octanol–water partition coefficient (Wildman–Crippen LogP) is 2.86. The second kappa shape index (κ2) is 5.12. The van der Waals surface area contributed by atoms with E-state index in [9.17, 15) is 18.7 Å². The predicted molar refractivity (Wildman–Crippen MR) is 54.0 cm³/mol. The molecule has 0 aromatic heterocycles.